The first-order valence-corrected chi connectivity index (χ1v) is 9.95. The summed E-state index contributed by atoms with van der Waals surface area (Å²) in [7, 11) is 0. The number of hydrogen-bond donors (Lipinski definition) is 2. The molecule has 0 spiro atoms. The smallest absolute Gasteiger partial charge is 0.222 e. The van der Waals surface area contributed by atoms with Crippen LogP contribution in [0.15, 0.2) is 67.3 Å². The molecule has 0 aliphatic rings. The van der Waals surface area contributed by atoms with Crippen molar-refractivity contribution >= 4 is 17.4 Å². The molecule has 0 bridgehead atoms. The third-order valence-corrected chi connectivity index (χ3v) is 4.91. The standard InChI is InChI=1S/C23H24N6O/c1-16-6-8-18(9-7-16)22-23(29-14-13-24-15-20(29)28-22)26-12-10-21(30)27-17(2)19-5-3-4-11-25-19/h3-9,11,13-15,17,26H,10,12H2,1-2H3,(H,27,30)/t17-/m1/s1. The second kappa shape index (κ2) is 8.73. The third kappa shape index (κ3) is 4.30. The Bertz CT molecular complexity index is 1140. The SMILES string of the molecule is Cc1ccc(-c2nc3cnccn3c2NCCC(=O)N[C@H](C)c2ccccn2)cc1. The van der Waals surface area contributed by atoms with Crippen LogP contribution in [-0.4, -0.2) is 31.8 Å². The number of amides is 1. The van der Waals surface area contributed by atoms with E-state index in [4.69, 9.17) is 4.98 Å². The fourth-order valence-corrected chi connectivity index (χ4v) is 3.30. The average Bonchev–Trinajstić information content (AvgIpc) is 3.13. The molecule has 1 amide bonds. The normalized spacial score (nSPS) is 11.9. The summed E-state index contributed by atoms with van der Waals surface area (Å²) in [6.45, 7) is 4.47. The van der Waals surface area contributed by atoms with Gasteiger partial charge in [-0.2, -0.15) is 0 Å². The molecule has 0 aliphatic carbocycles. The van der Waals surface area contributed by atoms with Crippen LogP contribution < -0.4 is 10.6 Å². The van der Waals surface area contributed by atoms with Crippen LogP contribution in [0.3, 0.4) is 0 Å². The fraction of sp³-hybridized carbons (Fsp3) is 0.217. The highest BCUT2D eigenvalue weighted by Gasteiger charge is 2.15. The van der Waals surface area contributed by atoms with Crippen molar-refractivity contribution in [2.45, 2.75) is 26.3 Å². The van der Waals surface area contributed by atoms with E-state index in [0.717, 1.165) is 28.4 Å². The van der Waals surface area contributed by atoms with Gasteiger partial charge in [0.2, 0.25) is 5.91 Å². The Kier molecular flexibility index (Phi) is 5.70. The largest absolute Gasteiger partial charge is 0.369 e. The van der Waals surface area contributed by atoms with Crippen LogP contribution in [-0.2, 0) is 4.79 Å². The number of anilines is 1. The van der Waals surface area contributed by atoms with E-state index in [1.165, 1.54) is 5.56 Å². The summed E-state index contributed by atoms with van der Waals surface area (Å²) in [6, 6.07) is 13.8. The Hall–Kier alpha value is -3.74. The first kappa shape index (κ1) is 19.6. The van der Waals surface area contributed by atoms with Crippen LogP contribution in [0.1, 0.15) is 30.6 Å². The Morgan fingerprint density at radius 2 is 1.97 bits per heavy atom. The zero-order chi connectivity index (χ0) is 20.9. The molecule has 2 N–H and O–H groups in total. The molecule has 3 aromatic heterocycles. The number of rotatable bonds is 7. The molecule has 4 rings (SSSR count). The highest BCUT2D eigenvalue weighted by atomic mass is 16.1. The lowest BCUT2D eigenvalue weighted by atomic mass is 10.1. The van der Waals surface area contributed by atoms with Crippen molar-refractivity contribution in [1.29, 1.82) is 0 Å². The molecular weight excluding hydrogens is 376 g/mol. The maximum Gasteiger partial charge on any atom is 0.222 e. The molecule has 0 fully saturated rings. The minimum absolute atomic E-state index is 0.0342. The number of carbonyl (C=O) groups excluding carboxylic acids is 1. The van der Waals surface area contributed by atoms with Crippen molar-refractivity contribution in [3.63, 3.8) is 0 Å². The molecule has 7 nitrogen and oxygen atoms in total. The Morgan fingerprint density at radius 3 is 2.73 bits per heavy atom. The van der Waals surface area contributed by atoms with E-state index >= 15 is 0 Å². The molecular formula is C23H24N6O. The van der Waals surface area contributed by atoms with Gasteiger partial charge in [0.05, 0.1) is 17.9 Å². The van der Waals surface area contributed by atoms with Crippen molar-refractivity contribution < 1.29 is 4.79 Å². The molecule has 1 aromatic carbocycles. The van der Waals surface area contributed by atoms with Crippen molar-refractivity contribution in [3.8, 4) is 11.3 Å². The minimum atomic E-state index is -0.135. The topological polar surface area (TPSA) is 84.2 Å². The summed E-state index contributed by atoms with van der Waals surface area (Å²) in [5.41, 5.74) is 4.64. The van der Waals surface area contributed by atoms with Gasteiger partial charge in [0.1, 0.15) is 11.5 Å². The molecule has 0 radical (unpaired) electrons. The zero-order valence-electron chi connectivity index (χ0n) is 17.0. The average molecular weight is 400 g/mol. The highest BCUT2D eigenvalue weighted by molar-refractivity contribution is 5.79. The molecule has 3 heterocycles. The van der Waals surface area contributed by atoms with Gasteiger partial charge in [-0.15, -0.1) is 0 Å². The van der Waals surface area contributed by atoms with Gasteiger partial charge >= 0.3 is 0 Å². The molecule has 4 aromatic rings. The quantitative estimate of drug-likeness (QED) is 0.493. The number of carbonyl (C=O) groups is 1. The summed E-state index contributed by atoms with van der Waals surface area (Å²) in [6.07, 6.45) is 7.38. The van der Waals surface area contributed by atoms with Crippen LogP contribution in [0.2, 0.25) is 0 Å². The van der Waals surface area contributed by atoms with E-state index < -0.39 is 0 Å². The van der Waals surface area contributed by atoms with E-state index in [1.54, 1.807) is 18.6 Å². The van der Waals surface area contributed by atoms with Gasteiger partial charge < -0.3 is 10.6 Å². The number of fused-ring (bicyclic) bond motifs is 1. The van der Waals surface area contributed by atoms with Gasteiger partial charge in [-0.25, -0.2) is 4.98 Å². The molecule has 0 saturated heterocycles. The minimum Gasteiger partial charge on any atom is -0.369 e. The molecule has 1 atom stereocenters. The second-order valence-corrected chi connectivity index (χ2v) is 7.20. The predicted octanol–water partition coefficient (Wildman–Crippen LogP) is 3.78. The highest BCUT2D eigenvalue weighted by Crippen LogP contribution is 2.28. The van der Waals surface area contributed by atoms with E-state index in [1.807, 2.05) is 35.7 Å². The van der Waals surface area contributed by atoms with Gasteiger partial charge in [-0.05, 0) is 26.0 Å². The summed E-state index contributed by atoms with van der Waals surface area (Å²) in [4.78, 5) is 25.6. The Labute approximate surface area is 175 Å². The second-order valence-electron chi connectivity index (χ2n) is 7.20. The van der Waals surface area contributed by atoms with Crippen molar-refractivity contribution in [2.75, 3.05) is 11.9 Å². The van der Waals surface area contributed by atoms with E-state index in [9.17, 15) is 4.79 Å². The number of hydrogen-bond acceptors (Lipinski definition) is 5. The van der Waals surface area contributed by atoms with Crippen molar-refractivity contribution in [2.24, 2.45) is 0 Å². The van der Waals surface area contributed by atoms with E-state index in [0.29, 0.717) is 13.0 Å². The number of imidazole rings is 1. The zero-order valence-corrected chi connectivity index (χ0v) is 17.0. The number of benzene rings is 1. The van der Waals surface area contributed by atoms with Gasteiger partial charge in [-0.1, -0.05) is 35.9 Å². The van der Waals surface area contributed by atoms with Crippen molar-refractivity contribution in [1.82, 2.24) is 24.7 Å². The molecule has 7 heteroatoms. The number of pyridine rings is 1. The fourth-order valence-electron chi connectivity index (χ4n) is 3.30. The predicted molar refractivity (Wildman–Crippen MR) is 117 cm³/mol. The molecule has 0 unspecified atom stereocenters. The first-order valence-electron chi connectivity index (χ1n) is 9.95. The lowest BCUT2D eigenvalue weighted by molar-refractivity contribution is -0.121. The molecule has 0 saturated carbocycles. The Morgan fingerprint density at radius 1 is 1.13 bits per heavy atom. The van der Waals surface area contributed by atoms with Crippen LogP contribution in [0, 0.1) is 6.92 Å². The lowest BCUT2D eigenvalue weighted by Gasteiger charge is -2.14. The van der Waals surface area contributed by atoms with Crippen LogP contribution >= 0.6 is 0 Å². The lowest BCUT2D eigenvalue weighted by Crippen LogP contribution is -2.28. The molecule has 30 heavy (non-hydrogen) atoms. The van der Waals surface area contributed by atoms with Gasteiger partial charge in [0, 0.05) is 37.1 Å². The Balaban J connectivity index is 1.46. The van der Waals surface area contributed by atoms with Crippen LogP contribution in [0.5, 0.6) is 0 Å². The number of aromatic nitrogens is 4. The van der Waals surface area contributed by atoms with E-state index in [2.05, 4.69) is 51.8 Å². The maximum absolute atomic E-state index is 12.4. The number of aryl methyl sites for hydroxylation is 1. The molecule has 0 aliphatic heterocycles. The summed E-state index contributed by atoms with van der Waals surface area (Å²) in [5.74, 6) is 0.815. The first-order chi connectivity index (χ1) is 14.6. The summed E-state index contributed by atoms with van der Waals surface area (Å²) in [5, 5.41) is 6.38. The number of nitrogens with zero attached hydrogens (tertiary/aromatic N) is 4. The monoisotopic (exact) mass is 400 g/mol. The number of nitrogens with one attached hydrogen (secondary N) is 2. The van der Waals surface area contributed by atoms with Crippen LogP contribution in [0.25, 0.3) is 16.9 Å². The third-order valence-electron chi connectivity index (χ3n) is 4.91. The molecule has 152 valence electrons. The van der Waals surface area contributed by atoms with Gasteiger partial charge in [0.25, 0.3) is 0 Å². The maximum atomic E-state index is 12.4. The van der Waals surface area contributed by atoms with Gasteiger partial charge in [-0.3, -0.25) is 19.2 Å². The van der Waals surface area contributed by atoms with Gasteiger partial charge in [0.15, 0.2) is 5.65 Å². The van der Waals surface area contributed by atoms with Crippen LogP contribution in [0.4, 0.5) is 5.82 Å². The summed E-state index contributed by atoms with van der Waals surface area (Å²) < 4.78 is 1.95. The summed E-state index contributed by atoms with van der Waals surface area (Å²) >= 11 is 0. The van der Waals surface area contributed by atoms with E-state index in [-0.39, 0.29) is 11.9 Å². The van der Waals surface area contributed by atoms with Crippen molar-refractivity contribution in [3.05, 3.63) is 78.5 Å².